The Bertz CT molecular complexity index is 1120. The van der Waals surface area contributed by atoms with Crippen LogP contribution in [0.5, 0.6) is 0 Å². The smallest absolute Gasteiger partial charge is 0.264 e. The second-order valence-electron chi connectivity index (χ2n) is 5.88. The van der Waals surface area contributed by atoms with Gasteiger partial charge in [0.1, 0.15) is 0 Å². The van der Waals surface area contributed by atoms with E-state index in [1.54, 1.807) is 54.6 Å². The van der Waals surface area contributed by atoms with E-state index in [9.17, 15) is 13.2 Å². The minimum absolute atomic E-state index is 0.130. The van der Waals surface area contributed by atoms with E-state index in [1.165, 1.54) is 25.2 Å². The van der Waals surface area contributed by atoms with Crippen LogP contribution in [0.2, 0.25) is 10.0 Å². The molecule has 0 aliphatic rings. The number of nitrogens with zero attached hydrogens (tertiary/aromatic N) is 1. The Morgan fingerprint density at radius 1 is 0.929 bits per heavy atom. The van der Waals surface area contributed by atoms with Gasteiger partial charge in [-0.15, -0.1) is 0 Å². The zero-order valence-corrected chi connectivity index (χ0v) is 17.1. The molecule has 1 N–H and O–H groups in total. The van der Waals surface area contributed by atoms with E-state index >= 15 is 0 Å². The number of para-hydroxylation sites is 1. The Morgan fingerprint density at radius 3 is 2.29 bits per heavy atom. The highest BCUT2D eigenvalue weighted by Crippen LogP contribution is 2.29. The SMILES string of the molecule is CN(c1ccccc1C(=O)Nc1cc(Cl)ccc1Cl)S(=O)(=O)c1ccccc1. The molecule has 0 saturated heterocycles. The van der Waals surface area contributed by atoms with Gasteiger partial charge < -0.3 is 5.32 Å². The van der Waals surface area contributed by atoms with Crippen LogP contribution in [0.15, 0.2) is 77.7 Å². The van der Waals surface area contributed by atoms with Crippen molar-refractivity contribution in [3.05, 3.63) is 88.4 Å². The zero-order valence-electron chi connectivity index (χ0n) is 14.8. The Morgan fingerprint density at radius 2 is 1.57 bits per heavy atom. The summed E-state index contributed by atoms with van der Waals surface area (Å²) >= 11 is 12.1. The summed E-state index contributed by atoms with van der Waals surface area (Å²) < 4.78 is 26.9. The molecule has 0 radical (unpaired) electrons. The molecule has 3 aromatic rings. The first kappa shape index (κ1) is 20.2. The van der Waals surface area contributed by atoms with Crippen molar-refractivity contribution in [2.75, 3.05) is 16.7 Å². The first-order valence-corrected chi connectivity index (χ1v) is 10.4. The van der Waals surface area contributed by atoms with Crippen LogP contribution in [0, 0.1) is 0 Å². The predicted molar refractivity (Wildman–Crippen MR) is 113 cm³/mol. The van der Waals surface area contributed by atoms with Crippen LogP contribution in [0.25, 0.3) is 0 Å². The molecule has 28 heavy (non-hydrogen) atoms. The van der Waals surface area contributed by atoms with E-state index in [-0.39, 0.29) is 16.1 Å². The Labute approximate surface area is 173 Å². The highest BCUT2D eigenvalue weighted by Gasteiger charge is 2.25. The van der Waals surface area contributed by atoms with Crippen molar-refractivity contribution in [2.45, 2.75) is 4.90 Å². The fourth-order valence-corrected chi connectivity index (χ4v) is 4.18. The summed E-state index contributed by atoms with van der Waals surface area (Å²) in [4.78, 5) is 13.0. The van der Waals surface area contributed by atoms with E-state index in [0.29, 0.717) is 15.7 Å². The van der Waals surface area contributed by atoms with Gasteiger partial charge in [0.25, 0.3) is 15.9 Å². The van der Waals surface area contributed by atoms with Crippen molar-refractivity contribution < 1.29 is 13.2 Å². The van der Waals surface area contributed by atoms with Gasteiger partial charge in [-0.25, -0.2) is 8.42 Å². The number of hydrogen-bond acceptors (Lipinski definition) is 3. The fraction of sp³-hybridized carbons (Fsp3) is 0.0500. The van der Waals surface area contributed by atoms with Gasteiger partial charge in [0.15, 0.2) is 0 Å². The highest BCUT2D eigenvalue weighted by atomic mass is 35.5. The molecule has 0 aromatic heterocycles. The molecule has 0 fully saturated rings. The number of sulfonamides is 1. The molecule has 0 bridgehead atoms. The Balaban J connectivity index is 1.97. The van der Waals surface area contributed by atoms with E-state index < -0.39 is 15.9 Å². The number of carbonyl (C=O) groups is 1. The fourth-order valence-electron chi connectivity index (χ4n) is 2.60. The van der Waals surface area contributed by atoms with Crippen LogP contribution in [0.4, 0.5) is 11.4 Å². The van der Waals surface area contributed by atoms with Crippen LogP contribution >= 0.6 is 23.2 Å². The first-order valence-electron chi connectivity index (χ1n) is 8.20. The lowest BCUT2D eigenvalue weighted by Crippen LogP contribution is -2.29. The number of benzene rings is 3. The van der Waals surface area contributed by atoms with Crippen molar-refractivity contribution in [3.8, 4) is 0 Å². The van der Waals surface area contributed by atoms with E-state index in [2.05, 4.69) is 5.32 Å². The predicted octanol–water partition coefficient (Wildman–Crippen LogP) is 5.07. The summed E-state index contributed by atoms with van der Waals surface area (Å²) in [6.07, 6.45) is 0. The molecule has 0 atom stereocenters. The van der Waals surface area contributed by atoms with Crippen molar-refractivity contribution >= 4 is 50.5 Å². The van der Waals surface area contributed by atoms with E-state index in [4.69, 9.17) is 23.2 Å². The summed E-state index contributed by atoms with van der Waals surface area (Å²) in [5.41, 5.74) is 0.755. The lowest BCUT2D eigenvalue weighted by atomic mass is 10.1. The summed E-state index contributed by atoms with van der Waals surface area (Å²) in [6, 6.07) is 19.1. The third kappa shape index (κ3) is 4.14. The molecule has 144 valence electrons. The number of hydrogen-bond donors (Lipinski definition) is 1. The summed E-state index contributed by atoms with van der Waals surface area (Å²) in [6.45, 7) is 0. The maximum absolute atomic E-state index is 12.9. The van der Waals surface area contributed by atoms with E-state index in [0.717, 1.165) is 4.31 Å². The third-order valence-electron chi connectivity index (χ3n) is 4.07. The maximum atomic E-state index is 12.9. The number of rotatable bonds is 5. The zero-order chi connectivity index (χ0) is 20.3. The molecular weight excluding hydrogens is 419 g/mol. The second-order valence-corrected chi connectivity index (χ2v) is 8.69. The van der Waals surface area contributed by atoms with E-state index in [1.807, 2.05) is 0 Å². The van der Waals surface area contributed by atoms with Crippen LogP contribution in [0.1, 0.15) is 10.4 Å². The molecule has 0 aliphatic carbocycles. The van der Waals surface area contributed by atoms with Gasteiger partial charge >= 0.3 is 0 Å². The number of nitrogens with one attached hydrogen (secondary N) is 1. The maximum Gasteiger partial charge on any atom is 0.264 e. The van der Waals surface area contributed by atoms with Crippen molar-refractivity contribution in [1.29, 1.82) is 0 Å². The summed E-state index contributed by atoms with van der Waals surface area (Å²) in [5.74, 6) is -0.505. The molecule has 3 aromatic carbocycles. The average molecular weight is 435 g/mol. The molecule has 5 nitrogen and oxygen atoms in total. The number of carbonyl (C=O) groups excluding carboxylic acids is 1. The standard InChI is InChI=1S/C20H16Cl2N2O3S/c1-24(28(26,27)15-7-3-2-4-8-15)19-10-6-5-9-16(19)20(25)23-18-13-14(21)11-12-17(18)22/h2-13H,1H3,(H,23,25). The minimum atomic E-state index is -3.83. The lowest BCUT2D eigenvalue weighted by Gasteiger charge is -2.22. The minimum Gasteiger partial charge on any atom is -0.321 e. The van der Waals surface area contributed by atoms with Gasteiger partial charge in [0.2, 0.25) is 0 Å². The first-order chi connectivity index (χ1) is 13.3. The quantitative estimate of drug-likeness (QED) is 0.609. The molecule has 0 heterocycles. The molecular formula is C20H16Cl2N2O3S. The number of amides is 1. The average Bonchev–Trinajstić information content (AvgIpc) is 2.70. The van der Waals surface area contributed by atoms with Gasteiger partial charge in [0.05, 0.1) is 26.9 Å². The Kier molecular flexibility index (Phi) is 5.93. The monoisotopic (exact) mass is 434 g/mol. The van der Waals surface area contributed by atoms with Crippen LogP contribution in [-0.4, -0.2) is 21.4 Å². The molecule has 0 unspecified atom stereocenters. The lowest BCUT2D eigenvalue weighted by molar-refractivity contribution is 0.102. The number of anilines is 2. The van der Waals surface area contributed by atoms with Crippen LogP contribution in [0.3, 0.4) is 0 Å². The molecule has 0 spiro atoms. The van der Waals surface area contributed by atoms with Crippen LogP contribution in [-0.2, 0) is 10.0 Å². The van der Waals surface area contributed by atoms with Crippen molar-refractivity contribution in [3.63, 3.8) is 0 Å². The highest BCUT2D eigenvalue weighted by molar-refractivity contribution is 7.92. The molecule has 1 amide bonds. The van der Waals surface area contributed by atoms with Gasteiger partial charge in [-0.3, -0.25) is 9.10 Å². The topological polar surface area (TPSA) is 66.5 Å². The summed E-state index contributed by atoms with van der Waals surface area (Å²) in [5, 5.41) is 3.41. The van der Waals surface area contributed by atoms with Gasteiger partial charge in [-0.1, -0.05) is 53.5 Å². The third-order valence-corrected chi connectivity index (χ3v) is 6.42. The van der Waals surface area contributed by atoms with Gasteiger partial charge in [-0.05, 0) is 42.5 Å². The van der Waals surface area contributed by atoms with Crippen LogP contribution < -0.4 is 9.62 Å². The second kappa shape index (κ2) is 8.22. The number of halogens is 2. The van der Waals surface area contributed by atoms with Crippen molar-refractivity contribution in [1.82, 2.24) is 0 Å². The largest absolute Gasteiger partial charge is 0.321 e. The molecule has 0 aliphatic heterocycles. The molecule has 3 rings (SSSR count). The van der Waals surface area contributed by atoms with Gasteiger partial charge in [0, 0.05) is 12.1 Å². The normalized spacial score (nSPS) is 11.1. The summed E-state index contributed by atoms with van der Waals surface area (Å²) in [7, 11) is -2.43. The Hall–Kier alpha value is -2.54. The molecule has 8 heteroatoms. The van der Waals surface area contributed by atoms with Gasteiger partial charge in [-0.2, -0.15) is 0 Å². The van der Waals surface area contributed by atoms with Crippen molar-refractivity contribution in [2.24, 2.45) is 0 Å². The molecule has 0 saturated carbocycles.